The number of piperidine rings is 1. The van der Waals surface area contributed by atoms with Gasteiger partial charge in [0, 0.05) is 32.1 Å². The van der Waals surface area contributed by atoms with Crippen LogP contribution in [0.2, 0.25) is 0 Å². The average molecular weight is 421 g/mol. The van der Waals surface area contributed by atoms with Gasteiger partial charge < -0.3 is 9.42 Å². The van der Waals surface area contributed by atoms with E-state index in [2.05, 4.69) is 24.0 Å². The van der Waals surface area contributed by atoms with E-state index in [-0.39, 0.29) is 17.3 Å². The first-order valence-corrected chi connectivity index (χ1v) is 11.3. The van der Waals surface area contributed by atoms with E-state index in [4.69, 9.17) is 4.52 Å². The molecule has 1 aromatic heterocycles. The van der Waals surface area contributed by atoms with E-state index < -0.39 is 10.0 Å². The van der Waals surface area contributed by atoms with Crippen molar-refractivity contribution in [2.75, 3.05) is 20.1 Å². The van der Waals surface area contributed by atoms with Gasteiger partial charge in [0.25, 0.3) is 5.91 Å². The van der Waals surface area contributed by atoms with Crippen LogP contribution in [0.3, 0.4) is 0 Å². The maximum atomic E-state index is 13.0. The molecule has 1 aromatic carbocycles. The van der Waals surface area contributed by atoms with Crippen LogP contribution in [0, 0.1) is 11.8 Å². The number of sulfonamides is 1. The Hall–Kier alpha value is -2.26. The van der Waals surface area contributed by atoms with Crippen LogP contribution >= 0.6 is 0 Å². The van der Waals surface area contributed by atoms with E-state index in [1.807, 2.05) is 6.92 Å². The van der Waals surface area contributed by atoms with Gasteiger partial charge in [-0.25, -0.2) is 8.42 Å². The number of aryl methyl sites for hydroxylation is 1. The second kappa shape index (κ2) is 8.62. The van der Waals surface area contributed by atoms with Crippen LogP contribution in [0.25, 0.3) is 0 Å². The summed E-state index contributed by atoms with van der Waals surface area (Å²) < 4.78 is 32.6. The summed E-state index contributed by atoms with van der Waals surface area (Å²) in [6, 6.07) is 6.10. The van der Waals surface area contributed by atoms with Gasteiger partial charge in [-0.1, -0.05) is 25.9 Å². The predicted molar refractivity (Wildman–Crippen MR) is 108 cm³/mol. The molecule has 0 saturated carbocycles. The topological polar surface area (TPSA) is 96.6 Å². The Balaban J connectivity index is 1.70. The minimum absolute atomic E-state index is 0.190. The van der Waals surface area contributed by atoms with Crippen LogP contribution < -0.4 is 0 Å². The molecule has 2 heterocycles. The zero-order valence-corrected chi connectivity index (χ0v) is 18.1. The molecular formula is C20H28N4O4S. The normalized spacial score (nSPS) is 20.6. The average Bonchev–Trinajstić information content (AvgIpc) is 3.14. The Morgan fingerprint density at radius 1 is 1.21 bits per heavy atom. The van der Waals surface area contributed by atoms with Gasteiger partial charge in [0.2, 0.25) is 15.9 Å². The Morgan fingerprint density at radius 3 is 2.38 bits per heavy atom. The Morgan fingerprint density at radius 2 is 1.83 bits per heavy atom. The van der Waals surface area contributed by atoms with Gasteiger partial charge in [0.1, 0.15) is 0 Å². The fourth-order valence-electron chi connectivity index (χ4n) is 3.71. The van der Waals surface area contributed by atoms with E-state index in [0.717, 1.165) is 6.42 Å². The fourth-order valence-corrected chi connectivity index (χ4v) is 5.39. The molecule has 1 aliphatic heterocycles. The lowest BCUT2D eigenvalue weighted by Crippen LogP contribution is -2.42. The highest BCUT2D eigenvalue weighted by molar-refractivity contribution is 7.89. The largest absolute Gasteiger partial charge is 0.337 e. The van der Waals surface area contributed by atoms with Gasteiger partial charge in [-0.3, -0.25) is 4.79 Å². The van der Waals surface area contributed by atoms with Gasteiger partial charge in [0.15, 0.2) is 5.82 Å². The van der Waals surface area contributed by atoms with E-state index in [0.29, 0.717) is 48.6 Å². The van der Waals surface area contributed by atoms with Crippen molar-refractivity contribution in [2.24, 2.45) is 11.8 Å². The number of benzene rings is 1. The summed E-state index contributed by atoms with van der Waals surface area (Å²) in [5.74, 6) is 1.38. The number of hydrogen-bond donors (Lipinski definition) is 0. The van der Waals surface area contributed by atoms with Gasteiger partial charge in [0.05, 0.1) is 11.4 Å². The third kappa shape index (κ3) is 4.84. The highest BCUT2D eigenvalue weighted by Crippen LogP contribution is 2.26. The van der Waals surface area contributed by atoms with E-state index >= 15 is 0 Å². The summed E-state index contributed by atoms with van der Waals surface area (Å²) in [6.07, 6.45) is 1.69. The van der Waals surface area contributed by atoms with Crippen molar-refractivity contribution in [2.45, 2.75) is 45.1 Å². The quantitative estimate of drug-likeness (QED) is 0.713. The monoisotopic (exact) mass is 420 g/mol. The van der Waals surface area contributed by atoms with E-state index in [1.54, 1.807) is 23.5 Å². The lowest BCUT2D eigenvalue weighted by Gasteiger charge is -2.34. The van der Waals surface area contributed by atoms with Gasteiger partial charge in [-0.2, -0.15) is 9.29 Å². The summed E-state index contributed by atoms with van der Waals surface area (Å²) in [5, 5.41) is 3.82. The molecule has 8 nitrogen and oxygen atoms in total. The van der Waals surface area contributed by atoms with Crippen LogP contribution in [0.5, 0.6) is 0 Å². The van der Waals surface area contributed by atoms with Crippen LogP contribution in [0.4, 0.5) is 0 Å². The number of hydrogen-bond acceptors (Lipinski definition) is 6. The highest BCUT2D eigenvalue weighted by Gasteiger charge is 2.31. The van der Waals surface area contributed by atoms with Crippen LogP contribution in [-0.2, 0) is 23.0 Å². The molecule has 0 aliphatic carbocycles. The molecule has 158 valence electrons. The Labute approximate surface area is 171 Å². The van der Waals surface area contributed by atoms with Crippen LogP contribution in [0.1, 0.15) is 49.3 Å². The number of amides is 1. The number of nitrogens with zero attached hydrogens (tertiary/aromatic N) is 4. The third-order valence-electron chi connectivity index (χ3n) is 5.12. The second-order valence-electron chi connectivity index (χ2n) is 7.91. The molecule has 0 radical (unpaired) electrons. The van der Waals surface area contributed by atoms with Crippen molar-refractivity contribution in [3.05, 3.63) is 41.5 Å². The SMILES string of the molecule is CCc1noc(CN(C)C(=O)c2ccc(S(=O)(=O)N3CC(C)CC(C)C3)cc2)n1. The molecule has 29 heavy (non-hydrogen) atoms. The summed E-state index contributed by atoms with van der Waals surface area (Å²) in [5.41, 5.74) is 0.405. The molecule has 1 fully saturated rings. The first kappa shape index (κ1) is 21.4. The van der Waals surface area contributed by atoms with Gasteiger partial charge in [-0.05, 0) is 42.5 Å². The summed E-state index contributed by atoms with van der Waals surface area (Å²) in [7, 11) is -1.93. The van der Waals surface area contributed by atoms with E-state index in [1.165, 1.54) is 17.0 Å². The lowest BCUT2D eigenvalue weighted by molar-refractivity contribution is 0.0769. The zero-order valence-electron chi connectivity index (χ0n) is 17.3. The van der Waals surface area contributed by atoms with Crippen molar-refractivity contribution < 1.29 is 17.7 Å². The Kier molecular flexibility index (Phi) is 6.38. The number of aromatic nitrogens is 2. The van der Waals surface area contributed by atoms with Crippen LogP contribution in [-0.4, -0.2) is 53.8 Å². The molecule has 9 heteroatoms. The summed E-state index contributed by atoms with van der Waals surface area (Å²) >= 11 is 0. The molecule has 0 N–H and O–H groups in total. The fraction of sp³-hybridized carbons (Fsp3) is 0.550. The molecule has 2 atom stereocenters. The number of carbonyl (C=O) groups is 1. The molecule has 1 aliphatic rings. The van der Waals surface area contributed by atoms with Crippen molar-refractivity contribution >= 4 is 15.9 Å². The molecule has 2 unspecified atom stereocenters. The van der Waals surface area contributed by atoms with Crippen LogP contribution in [0.15, 0.2) is 33.7 Å². The second-order valence-corrected chi connectivity index (χ2v) is 9.85. The molecular weight excluding hydrogens is 392 g/mol. The Bertz CT molecular complexity index is 945. The molecule has 1 saturated heterocycles. The molecule has 0 bridgehead atoms. The summed E-state index contributed by atoms with van der Waals surface area (Å²) in [4.78, 5) is 18.5. The zero-order chi connectivity index (χ0) is 21.2. The smallest absolute Gasteiger partial charge is 0.254 e. The highest BCUT2D eigenvalue weighted by atomic mass is 32.2. The summed E-state index contributed by atoms with van der Waals surface area (Å²) in [6.45, 7) is 7.31. The van der Waals surface area contributed by atoms with E-state index in [9.17, 15) is 13.2 Å². The predicted octanol–water partition coefficient (Wildman–Crippen LogP) is 2.57. The number of carbonyl (C=O) groups excluding carboxylic acids is 1. The lowest BCUT2D eigenvalue weighted by atomic mass is 9.94. The maximum absolute atomic E-state index is 13.0. The van der Waals surface area contributed by atoms with Crippen molar-refractivity contribution in [3.8, 4) is 0 Å². The van der Waals surface area contributed by atoms with Crippen molar-refractivity contribution in [1.29, 1.82) is 0 Å². The van der Waals surface area contributed by atoms with Gasteiger partial charge in [-0.15, -0.1) is 0 Å². The standard InChI is InChI=1S/C20H28N4O4S/c1-5-18-21-19(28-22-18)13-23(4)20(25)16-6-8-17(9-7-16)29(26,27)24-11-14(2)10-15(3)12-24/h6-9,14-15H,5,10-13H2,1-4H3. The van der Waals surface area contributed by atoms with Crippen molar-refractivity contribution in [1.82, 2.24) is 19.3 Å². The maximum Gasteiger partial charge on any atom is 0.254 e. The first-order chi connectivity index (χ1) is 13.7. The van der Waals surface area contributed by atoms with Gasteiger partial charge >= 0.3 is 0 Å². The molecule has 3 rings (SSSR count). The number of rotatable bonds is 6. The molecule has 1 amide bonds. The first-order valence-electron chi connectivity index (χ1n) is 9.87. The third-order valence-corrected chi connectivity index (χ3v) is 6.97. The van der Waals surface area contributed by atoms with Crippen molar-refractivity contribution in [3.63, 3.8) is 0 Å². The molecule has 0 spiro atoms. The molecule has 2 aromatic rings. The minimum atomic E-state index is -3.56. The minimum Gasteiger partial charge on any atom is -0.337 e.